The molecule has 0 bridgehead atoms. The molecule has 4 aliphatic carbocycles. The molecule has 3 unspecified atom stereocenters. The molecule has 0 heterocycles. The van der Waals surface area contributed by atoms with Crippen LogP contribution in [0.5, 0.6) is 0 Å². The molecule has 142 valence electrons. The summed E-state index contributed by atoms with van der Waals surface area (Å²) in [6.45, 7) is 4.05. The average molecular weight is 360 g/mol. The minimum Gasteiger partial charge on any atom is -0.393 e. The van der Waals surface area contributed by atoms with Crippen LogP contribution >= 0.6 is 0 Å². The Morgan fingerprint density at radius 2 is 1.96 bits per heavy atom. The van der Waals surface area contributed by atoms with E-state index in [9.17, 15) is 24.6 Å². The summed E-state index contributed by atoms with van der Waals surface area (Å²) in [7, 11) is 0. The van der Waals surface area contributed by atoms with Crippen molar-refractivity contribution in [3.05, 3.63) is 11.6 Å². The summed E-state index contributed by atoms with van der Waals surface area (Å²) in [5.74, 6) is -0.215. The molecule has 0 aliphatic heterocycles. The summed E-state index contributed by atoms with van der Waals surface area (Å²) < 4.78 is 0. The lowest BCUT2D eigenvalue weighted by atomic mass is 9.45. The molecule has 4 aliphatic rings. The largest absolute Gasteiger partial charge is 0.393 e. The molecule has 2 N–H and O–H groups in total. The van der Waals surface area contributed by atoms with E-state index in [1.807, 2.05) is 6.92 Å². The maximum Gasteiger partial charge on any atom is 0.227 e. The summed E-state index contributed by atoms with van der Waals surface area (Å²) in [5.41, 5.74) is -1.46. The number of allylic oxidation sites excluding steroid dienone is 1. The van der Waals surface area contributed by atoms with E-state index in [1.54, 1.807) is 6.08 Å². The van der Waals surface area contributed by atoms with Crippen LogP contribution in [0.4, 0.5) is 0 Å². The van der Waals surface area contributed by atoms with Crippen molar-refractivity contribution in [2.45, 2.75) is 70.5 Å². The molecule has 0 aromatic heterocycles. The van der Waals surface area contributed by atoms with Gasteiger partial charge in [0.1, 0.15) is 5.60 Å². The standard InChI is InChI=1S/C21H28O5/c1-19-7-5-13(23)9-12(19)3-4-14-15-6-8-21(26,17(25)11-22)20(15,2)10-16(24)18(14)19/h9,11,14-16,18,24,26H,3-8,10H2,1-2H3/t14?,15?,16-,18?,19-,20-,21-/m0/s1. The Hall–Kier alpha value is -1.33. The average Bonchev–Trinajstić information content (AvgIpc) is 2.86. The fourth-order valence-electron chi connectivity index (χ4n) is 7.19. The molecular formula is C21H28O5. The van der Waals surface area contributed by atoms with Gasteiger partial charge in [-0.05, 0) is 67.8 Å². The van der Waals surface area contributed by atoms with Gasteiger partial charge in [-0.3, -0.25) is 14.4 Å². The zero-order chi connectivity index (χ0) is 18.9. The Morgan fingerprint density at radius 1 is 1.23 bits per heavy atom. The molecule has 4 rings (SSSR count). The van der Waals surface area contributed by atoms with E-state index < -0.39 is 22.9 Å². The van der Waals surface area contributed by atoms with Gasteiger partial charge in [-0.25, -0.2) is 0 Å². The number of aliphatic hydroxyl groups is 2. The van der Waals surface area contributed by atoms with E-state index >= 15 is 0 Å². The van der Waals surface area contributed by atoms with Crippen molar-refractivity contribution >= 4 is 17.9 Å². The van der Waals surface area contributed by atoms with Crippen molar-refractivity contribution < 1.29 is 24.6 Å². The second-order valence-corrected chi connectivity index (χ2v) is 9.46. The smallest absolute Gasteiger partial charge is 0.227 e. The molecule has 0 amide bonds. The Balaban J connectivity index is 1.75. The first-order valence-electron chi connectivity index (χ1n) is 9.81. The molecule has 3 saturated carbocycles. The van der Waals surface area contributed by atoms with Crippen LogP contribution < -0.4 is 0 Å². The first-order valence-corrected chi connectivity index (χ1v) is 9.81. The van der Waals surface area contributed by atoms with Crippen LogP contribution in [0.25, 0.3) is 0 Å². The number of hydrogen-bond donors (Lipinski definition) is 2. The predicted molar refractivity (Wildman–Crippen MR) is 94.1 cm³/mol. The molecule has 0 saturated heterocycles. The van der Waals surface area contributed by atoms with Gasteiger partial charge >= 0.3 is 0 Å². The van der Waals surface area contributed by atoms with Crippen molar-refractivity contribution in [3.8, 4) is 0 Å². The number of aldehydes is 1. The third kappa shape index (κ3) is 2.07. The van der Waals surface area contributed by atoms with E-state index in [1.165, 1.54) is 0 Å². The molecule has 5 heteroatoms. The minimum absolute atomic E-state index is 0.0439. The molecule has 0 spiro atoms. The fraction of sp³-hybridized carbons (Fsp3) is 0.762. The van der Waals surface area contributed by atoms with Crippen LogP contribution in [0.15, 0.2) is 11.6 Å². The lowest BCUT2D eigenvalue weighted by Gasteiger charge is -2.60. The molecule has 0 aromatic carbocycles. The number of aliphatic hydroxyl groups excluding tert-OH is 1. The van der Waals surface area contributed by atoms with E-state index in [0.29, 0.717) is 25.7 Å². The Labute approximate surface area is 153 Å². The zero-order valence-electron chi connectivity index (χ0n) is 15.5. The zero-order valence-corrected chi connectivity index (χ0v) is 15.5. The van der Waals surface area contributed by atoms with E-state index in [-0.39, 0.29) is 35.2 Å². The minimum atomic E-state index is -1.66. The van der Waals surface area contributed by atoms with E-state index in [0.717, 1.165) is 24.8 Å². The van der Waals surface area contributed by atoms with Crippen LogP contribution in [-0.2, 0) is 14.4 Å². The third-order valence-electron chi connectivity index (χ3n) is 8.56. The first-order chi connectivity index (χ1) is 12.2. The molecule has 5 nitrogen and oxygen atoms in total. The maximum atomic E-state index is 12.2. The number of carbonyl (C=O) groups is 3. The van der Waals surface area contributed by atoms with Crippen molar-refractivity contribution in [2.24, 2.45) is 28.6 Å². The summed E-state index contributed by atoms with van der Waals surface area (Å²) in [6.07, 6.45) is 5.68. The second kappa shape index (κ2) is 5.59. The second-order valence-electron chi connectivity index (χ2n) is 9.46. The molecule has 0 radical (unpaired) electrons. The Bertz CT molecular complexity index is 711. The monoisotopic (exact) mass is 360 g/mol. The highest BCUT2D eigenvalue weighted by atomic mass is 16.3. The first kappa shape index (κ1) is 18.1. The third-order valence-corrected chi connectivity index (χ3v) is 8.56. The van der Waals surface area contributed by atoms with E-state index in [2.05, 4.69) is 6.92 Å². The molecule has 26 heavy (non-hydrogen) atoms. The number of ketones is 2. The highest BCUT2D eigenvalue weighted by molar-refractivity contribution is 6.29. The molecule has 0 aromatic rings. The number of hydrogen-bond acceptors (Lipinski definition) is 5. The SMILES string of the molecule is C[C@]12CCC(=O)C=C1CCC1C2[C@@H](O)C[C@@]2(C)C1CC[C@]2(O)C(=O)C=O. The summed E-state index contributed by atoms with van der Waals surface area (Å²) in [5, 5.41) is 22.3. The van der Waals surface area contributed by atoms with Gasteiger partial charge in [0, 0.05) is 11.8 Å². The van der Waals surface area contributed by atoms with Gasteiger partial charge < -0.3 is 10.2 Å². The van der Waals surface area contributed by atoms with Gasteiger partial charge in [-0.2, -0.15) is 0 Å². The number of carbonyl (C=O) groups excluding carboxylic acids is 3. The summed E-state index contributed by atoms with van der Waals surface area (Å²) in [6, 6.07) is 0. The predicted octanol–water partition coefficient (Wildman–Crippen LogP) is 1.99. The summed E-state index contributed by atoms with van der Waals surface area (Å²) in [4.78, 5) is 35.3. The Morgan fingerprint density at radius 3 is 2.65 bits per heavy atom. The quantitative estimate of drug-likeness (QED) is 0.580. The molecule has 3 fully saturated rings. The Kier molecular flexibility index (Phi) is 3.88. The van der Waals surface area contributed by atoms with Gasteiger partial charge in [0.05, 0.1) is 6.10 Å². The van der Waals surface area contributed by atoms with Crippen LogP contribution in [0.2, 0.25) is 0 Å². The topological polar surface area (TPSA) is 91.7 Å². The van der Waals surface area contributed by atoms with Crippen molar-refractivity contribution in [2.75, 3.05) is 0 Å². The number of fused-ring (bicyclic) bond motifs is 5. The van der Waals surface area contributed by atoms with Gasteiger partial charge in [0.2, 0.25) is 5.78 Å². The van der Waals surface area contributed by atoms with Crippen molar-refractivity contribution in [1.29, 1.82) is 0 Å². The van der Waals surface area contributed by atoms with Crippen molar-refractivity contribution in [1.82, 2.24) is 0 Å². The van der Waals surface area contributed by atoms with Gasteiger partial charge in [0.15, 0.2) is 12.1 Å². The lowest BCUT2D eigenvalue weighted by molar-refractivity contribution is -0.180. The van der Waals surface area contributed by atoms with Crippen LogP contribution in [0.1, 0.15) is 58.8 Å². The van der Waals surface area contributed by atoms with Crippen LogP contribution in [0, 0.1) is 28.6 Å². The van der Waals surface area contributed by atoms with Gasteiger partial charge in [-0.1, -0.05) is 19.4 Å². The molecule has 7 atom stereocenters. The number of Topliss-reactive ketones (excluding diaryl/α,β-unsaturated/α-hetero) is 1. The van der Waals surface area contributed by atoms with E-state index in [4.69, 9.17) is 0 Å². The molecular weight excluding hydrogens is 332 g/mol. The highest BCUT2D eigenvalue weighted by Gasteiger charge is 2.68. The fourth-order valence-corrected chi connectivity index (χ4v) is 7.19. The maximum absolute atomic E-state index is 12.2. The normalized spacial score (nSPS) is 50.3. The van der Waals surface area contributed by atoms with Crippen LogP contribution in [0.3, 0.4) is 0 Å². The van der Waals surface area contributed by atoms with Gasteiger partial charge in [0.25, 0.3) is 0 Å². The van der Waals surface area contributed by atoms with Crippen molar-refractivity contribution in [3.63, 3.8) is 0 Å². The van der Waals surface area contributed by atoms with Gasteiger partial charge in [-0.15, -0.1) is 0 Å². The lowest BCUT2D eigenvalue weighted by Crippen LogP contribution is -2.61. The van der Waals surface area contributed by atoms with Crippen LogP contribution in [-0.4, -0.2) is 39.8 Å². The highest BCUT2D eigenvalue weighted by Crippen LogP contribution is 2.67. The number of rotatable bonds is 2. The summed E-state index contributed by atoms with van der Waals surface area (Å²) >= 11 is 0.